The van der Waals surface area contributed by atoms with Crippen molar-refractivity contribution in [2.24, 2.45) is 0 Å². The van der Waals surface area contributed by atoms with Crippen molar-refractivity contribution >= 4 is 49.6 Å². The number of hydrogen-bond acceptors (Lipinski definition) is 5. The van der Waals surface area contributed by atoms with Crippen LogP contribution in [0.15, 0.2) is 48.5 Å². The zero-order valence-corrected chi connectivity index (χ0v) is 15.9. The third-order valence-electron chi connectivity index (χ3n) is 4.45. The lowest BCUT2D eigenvalue weighted by atomic mass is 10.1. The second-order valence-corrected chi connectivity index (χ2v) is 7.36. The largest absolute Gasteiger partial charge is 0.397 e. The number of benzene rings is 2. The summed E-state index contributed by atoms with van der Waals surface area (Å²) in [5.74, 6) is -0.229. The quantitative estimate of drug-likeness (QED) is 0.538. The molecule has 1 amide bonds. The Kier molecular flexibility index (Phi) is 4.51. The van der Waals surface area contributed by atoms with E-state index in [0.717, 1.165) is 37.9 Å². The molecule has 0 fully saturated rings. The maximum Gasteiger partial charge on any atom is 0.267 e. The fourth-order valence-corrected chi connectivity index (χ4v) is 4.37. The van der Waals surface area contributed by atoms with Gasteiger partial charge in [-0.3, -0.25) is 4.79 Å². The smallest absolute Gasteiger partial charge is 0.267 e. The molecular formula is C21H19N3O2S. The van der Waals surface area contributed by atoms with Crippen LogP contribution in [0.2, 0.25) is 0 Å². The summed E-state index contributed by atoms with van der Waals surface area (Å²) >= 11 is 1.31. The van der Waals surface area contributed by atoms with Crippen LogP contribution in [-0.4, -0.2) is 18.0 Å². The van der Waals surface area contributed by atoms with Gasteiger partial charge >= 0.3 is 0 Å². The number of methoxy groups -OCH3 is 1. The van der Waals surface area contributed by atoms with Crippen molar-refractivity contribution in [1.82, 2.24) is 4.98 Å². The summed E-state index contributed by atoms with van der Waals surface area (Å²) in [6.45, 7) is 2.34. The van der Waals surface area contributed by atoms with E-state index in [9.17, 15) is 4.79 Å². The number of hydrogen-bond donors (Lipinski definition) is 2. The summed E-state index contributed by atoms with van der Waals surface area (Å²) in [7, 11) is 1.64. The van der Waals surface area contributed by atoms with Crippen LogP contribution in [0.3, 0.4) is 0 Å². The maximum atomic E-state index is 13.0. The van der Waals surface area contributed by atoms with Crippen molar-refractivity contribution in [3.63, 3.8) is 0 Å². The Morgan fingerprint density at radius 3 is 2.81 bits per heavy atom. The van der Waals surface area contributed by atoms with Gasteiger partial charge in [-0.1, -0.05) is 36.4 Å². The predicted molar refractivity (Wildman–Crippen MR) is 111 cm³/mol. The molecule has 0 aliphatic rings. The lowest BCUT2D eigenvalue weighted by molar-refractivity contribution is 0.103. The summed E-state index contributed by atoms with van der Waals surface area (Å²) < 4.78 is 5.28. The fraction of sp³-hybridized carbons (Fsp3) is 0.143. The first-order valence-electron chi connectivity index (χ1n) is 8.55. The number of nitrogens with zero attached hydrogens (tertiary/aromatic N) is 1. The molecule has 0 aliphatic carbocycles. The molecule has 0 spiro atoms. The van der Waals surface area contributed by atoms with E-state index in [-0.39, 0.29) is 5.91 Å². The van der Waals surface area contributed by atoms with Crippen molar-refractivity contribution < 1.29 is 9.53 Å². The molecule has 0 unspecified atom stereocenters. The third-order valence-corrected chi connectivity index (χ3v) is 5.55. The Morgan fingerprint density at radius 1 is 1.22 bits per heavy atom. The lowest BCUT2D eigenvalue weighted by Gasteiger charge is -2.08. The number of rotatable bonds is 4. The number of pyridine rings is 1. The van der Waals surface area contributed by atoms with E-state index in [1.165, 1.54) is 11.3 Å². The first-order chi connectivity index (χ1) is 13.1. The standard InChI is InChI=1S/C21H19N3O2S/c1-12-10-14(11-26-2)17-18(22)19(27-21(17)23-12)20(25)24-16-9-5-7-13-6-3-4-8-15(13)16/h3-10H,11,22H2,1-2H3,(H,24,25). The highest BCUT2D eigenvalue weighted by Gasteiger charge is 2.20. The van der Waals surface area contributed by atoms with E-state index in [1.807, 2.05) is 55.5 Å². The highest BCUT2D eigenvalue weighted by Crippen LogP contribution is 2.36. The Hall–Kier alpha value is -2.96. The van der Waals surface area contributed by atoms with Gasteiger partial charge < -0.3 is 15.8 Å². The molecule has 2 aromatic carbocycles. The zero-order valence-electron chi connectivity index (χ0n) is 15.1. The Labute approximate surface area is 160 Å². The van der Waals surface area contributed by atoms with E-state index < -0.39 is 0 Å². The van der Waals surface area contributed by atoms with Crippen LogP contribution < -0.4 is 11.1 Å². The Bertz CT molecular complexity index is 1160. The van der Waals surface area contributed by atoms with Crippen LogP contribution in [-0.2, 0) is 11.3 Å². The number of aryl methyl sites for hydroxylation is 1. The molecule has 136 valence electrons. The summed E-state index contributed by atoms with van der Waals surface area (Å²) in [5.41, 5.74) is 9.37. The number of nitrogen functional groups attached to an aromatic ring is 1. The van der Waals surface area contributed by atoms with Gasteiger partial charge in [0.2, 0.25) is 0 Å². The Balaban J connectivity index is 1.77. The van der Waals surface area contributed by atoms with Gasteiger partial charge in [0.15, 0.2) is 0 Å². The van der Waals surface area contributed by atoms with E-state index in [0.29, 0.717) is 17.2 Å². The van der Waals surface area contributed by atoms with E-state index in [4.69, 9.17) is 10.5 Å². The average Bonchev–Trinajstić information content (AvgIpc) is 2.99. The van der Waals surface area contributed by atoms with Crippen LogP contribution in [0.1, 0.15) is 20.9 Å². The number of fused-ring (bicyclic) bond motifs is 2. The minimum atomic E-state index is -0.229. The molecule has 3 N–H and O–H groups in total. The van der Waals surface area contributed by atoms with E-state index in [2.05, 4.69) is 10.3 Å². The topological polar surface area (TPSA) is 77.2 Å². The number of nitrogens with two attached hydrogens (primary N) is 1. The molecule has 0 atom stereocenters. The highest BCUT2D eigenvalue weighted by molar-refractivity contribution is 7.21. The van der Waals surface area contributed by atoms with Crippen molar-refractivity contribution in [3.05, 3.63) is 64.7 Å². The van der Waals surface area contributed by atoms with Gasteiger partial charge in [-0.25, -0.2) is 4.98 Å². The number of anilines is 2. The van der Waals surface area contributed by atoms with Gasteiger partial charge in [0.25, 0.3) is 5.91 Å². The van der Waals surface area contributed by atoms with Gasteiger partial charge in [0.1, 0.15) is 9.71 Å². The molecule has 6 heteroatoms. The first-order valence-corrected chi connectivity index (χ1v) is 9.36. The lowest BCUT2D eigenvalue weighted by Crippen LogP contribution is -2.12. The molecule has 2 aromatic heterocycles. The molecule has 4 rings (SSSR count). The summed E-state index contributed by atoms with van der Waals surface area (Å²) in [5, 5.41) is 5.86. The SMILES string of the molecule is COCc1cc(C)nc2sc(C(=O)Nc3cccc4ccccc34)c(N)c12. The Morgan fingerprint density at radius 2 is 2.00 bits per heavy atom. The number of nitrogens with one attached hydrogen (secondary N) is 1. The normalized spacial score (nSPS) is 11.2. The molecule has 2 heterocycles. The molecule has 5 nitrogen and oxygen atoms in total. The van der Waals surface area contributed by atoms with Gasteiger partial charge in [0.05, 0.1) is 12.3 Å². The second-order valence-electron chi connectivity index (χ2n) is 6.36. The summed E-state index contributed by atoms with van der Waals surface area (Å²) in [6.07, 6.45) is 0. The fourth-order valence-electron chi connectivity index (χ4n) is 3.29. The molecule has 0 saturated carbocycles. The van der Waals surface area contributed by atoms with Gasteiger partial charge in [-0.2, -0.15) is 0 Å². The van der Waals surface area contributed by atoms with Crippen LogP contribution in [0.4, 0.5) is 11.4 Å². The van der Waals surface area contributed by atoms with E-state index >= 15 is 0 Å². The number of aromatic nitrogens is 1. The van der Waals surface area contributed by atoms with Crippen LogP contribution >= 0.6 is 11.3 Å². The minimum absolute atomic E-state index is 0.229. The molecular weight excluding hydrogens is 358 g/mol. The number of carbonyl (C=O) groups is 1. The van der Waals surface area contributed by atoms with Crippen LogP contribution in [0, 0.1) is 6.92 Å². The zero-order chi connectivity index (χ0) is 19.0. The molecule has 27 heavy (non-hydrogen) atoms. The van der Waals surface area contributed by atoms with Gasteiger partial charge in [-0.05, 0) is 30.0 Å². The molecule has 0 bridgehead atoms. The van der Waals surface area contributed by atoms with Crippen LogP contribution in [0.5, 0.6) is 0 Å². The number of ether oxygens (including phenoxy) is 1. The van der Waals surface area contributed by atoms with Crippen molar-refractivity contribution in [1.29, 1.82) is 0 Å². The first kappa shape index (κ1) is 17.5. The van der Waals surface area contributed by atoms with Crippen LogP contribution in [0.25, 0.3) is 21.0 Å². The predicted octanol–water partition coefficient (Wildman–Crippen LogP) is 4.74. The monoisotopic (exact) mass is 377 g/mol. The molecule has 0 aliphatic heterocycles. The van der Waals surface area contributed by atoms with Crippen molar-refractivity contribution in [2.45, 2.75) is 13.5 Å². The minimum Gasteiger partial charge on any atom is -0.397 e. The van der Waals surface area contributed by atoms with E-state index in [1.54, 1.807) is 7.11 Å². The number of amides is 1. The van der Waals surface area contributed by atoms with Gasteiger partial charge in [0, 0.05) is 29.3 Å². The number of carbonyl (C=O) groups excluding carboxylic acids is 1. The second kappa shape index (κ2) is 6.98. The molecule has 0 radical (unpaired) electrons. The third kappa shape index (κ3) is 3.13. The summed E-state index contributed by atoms with van der Waals surface area (Å²) in [4.78, 5) is 18.7. The van der Waals surface area contributed by atoms with Gasteiger partial charge in [-0.15, -0.1) is 11.3 Å². The average molecular weight is 377 g/mol. The number of thiophene rings is 1. The van der Waals surface area contributed by atoms with Crippen molar-refractivity contribution in [3.8, 4) is 0 Å². The van der Waals surface area contributed by atoms with Crippen molar-refractivity contribution in [2.75, 3.05) is 18.2 Å². The highest BCUT2D eigenvalue weighted by atomic mass is 32.1. The summed E-state index contributed by atoms with van der Waals surface area (Å²) in [6, 6.07) is 15.7. The molecule has 4 aromatic rings. The maximum absolute atomic E-state index is 13.0. The molecule has 0 saturated heterocycles.